The summed E-state index contributed by atoms with van der Waals surface area (Å²) in [6.07, 6.45) is 0. The number of aromatic nitrogens is 2. The molecule has 7 heteroatoms. The molecule has 1 amide bonds. The molecule has 2 aromatic rings. The Morgan fingerprint density at radius 3 is 2.74 bits per heavy atom. The van der Waals surface area contributed by atoms with Gasteiger partial charge in [0.15, 0.2) is 5.82 Å². The molecule has 23 heavy (non-hydrogen) atoms. The summed E-state index contributed by atoms with van der Waals surface area (Å²) in [5.41, 5.74) is 2.86. The van der Waals surface area contributed by atoms with Gasteiger partial charge < -0.3 is 14.8 Å². The third-order valence-corrected chi connectivity index (χ3v) is 5.31. The minimum Gasteiger partial charge on any atom is -0.497 e. The van der Waals surface area contributed by atoms with Crippen LogP contribution in [0.2, 0.25) is 0 Å². The van der Waals surface area contributed by atoms with Crippen LogP contribution in [0.4, 0.5) is 5.82 Å². The van der Waals surface area contributed by atoms with Gasteiger partial charge in [0, 0.05) is 16.8 Å². The van der Waals surface area contributed by atoms with Gasteiger partial charge in [0.25, 0.3) is 0 Å². The van der Waals surface area contributed by atoms with Crippen molar-refractivity contribution in [2.75, 3.05) is 19.5 Å². The Morgan fingerprint density at radius 2 is 2.04 bits per heavy atom. The zero-order valence-electron chi connectivity index (χ0n) is 13.5. The summed E-state index contributed by atoms with van der Waals surface area (Å²) < 4.78 is 10.9. The summed E-state index contributed by atoms with van der Waals surface area (Å²) >= 11 is 1.57. The van der Waals surface area contributed by atoms with Crippen LogP contribution in [0.1, 0.15) is 29.0 Å². The van der Waals surface area contributed by atoms with Gasteiger partial charge in [-0.3, -0.25) is 9.89 Å². The Kier molecular flexibility index (Phi) is 4.21. The Morgan fingerprint density at radius 1 is 1.26 bits per heavy atom. The number of H-pyrrole nitrogens is 1. The van der Waals surface area contributed by atoms with E-state index in [0.717, 1.165) is 28.3 Å². The number of nitrogens with one attached hydrogen (secondary N) is 2. The first-order valence-electron chi connectivity index (χ1n) is 7.28. The molecule has 0 saturated carbocycles. The fourth-order valence-corrected chi connectivity index (χ4v) is 4.03. The lowest BCUT2D eigenvalue weighted by Crippen LogP contribution is -2.21. The quantitative estimate of drug-likeness (QED) is 0.903. The molecule has 122 valence electrons. The van der Waals surface area contributed by atoms with Gasteiger partial charge in [-0.15, -0.1) is 11.8 Å². The molecular weight excluding hydrogens is 314 g/mol. The van der Waals surface area contributed by atoms with Crippen LogP contribution in [0.5, 0.6) is 11.5 Å². The number of anilines is 1. The smallest absolute Gasteiger partial charge is 0.238 e. The Labute approximate surface area is 138 Å². The van der Waals surface area contributed by atoms with E-state index in [9.17, 15) is 4.79 Å². The summed E-state index contributed by atoms with van der Waals surface area (Å²) in [5, 5.41) is 9.79. The molecule has 1 aromatic carbocycles. The lowest BCUT2D eigenvalue weighted by atomic mass is 10.0. The molecule has 0 unspecified atom stereocenters. The van der Waals surface area contributed by atoms with Crippen LogP contribution in [0.3, 0.4) is 0 Å². The molecule has 1 aliphatic rings. The number of nitrogens with zero attached hydrogens (tertiary/aromatic N) is 1. The fourth-order valence-electron chi connectivity index (χ4n) is 2.68. The van der Waals surface area contributed by atoms with E-state index in [2.05, 4.69) is 15.5 Å². The van der Waals surface area contributed by atoms with Gasteiger partial charge in [0.2, 0.25) is 5.91 Å². The van der Waals surface area contributed by atoms with Crippen LogP contribution < -0.4 is 14.8 Å². The van der Waals surface area contributed by atoms with Crippen LogP contribution in [0.15, 0.2) is 18.2 Å². The molecule has 2 heterocycles. The third kappa shape index (κ3) is 2.76. The van der Waals surface area contributed by atoms with Crippen LogP contribution in [0, 0.1) is 6.92 Å². The van der Waals surface area contributed by atoms with Gasteiger partial charge in [-0.25, -0.2) is 0 Å². The summed E-state index contributed by atoms with van der Waals surface area (Å²) in [6.45, 7) is 3.85. The molecule has 0 fully saturated rings. The first kappa shape index (κ1) is 15.7. The molecule has 3 rings (SSSR count). The van der Waals surface area contributed by atoms with Gasteiger partial charge in [-0.1, -0.05) is 0 Å². The fraction of sp³-hybridized carbons (Fsp3) is 0.375. The van der Waals surface area contributed by atoms with E-state index in [0.29, 0.717) is 5.82 Å². The lowest BCUT2D eigenvalue weighted by Gasteiger charge is -2.20. The van der Waals surface area contributed by atoms with E-state index in [4.69, 9.17) is 9.47 Å². The van der Waals surface area contributed by atoms with Gasteiger partial charge in [-0.2, -0.15) is 5.10 Å². The molecule has 0 aliphatic carbocycles. The molecule has 2 atom stereocenters. The second-order valence-corrected chi connectivity index (χ2v) is 6.82. The SMILES string of the molecule is COc1ccc(OC)c([C@@H]2S[C@@H](C)C(=O)Nc3n[nH]c(C)c32)c1. The zero-order valence-corrected chi connectivity index (χ0v) is 14.3. The number of aromatic amines is 1. The van der Waals surface area contributed by atoms with E-state index >= 15 is 0 Å². The van der Waals surface area contributed by atoms with Crippen molar-refractivity contribution in [1.29, 1.82) is 0 Å². The average Bonchev–Trinajstić information content (AvgIpc) is 2.85. The van der Waals surface area contributed by atoms with Crippen molar-refractivity contribution < 1.29 is 14.3 Å². The van der Waals surface area contributed by atoms with Crippen molar-refractivity contribution in [3.05, 3.63) is 35.0 Å². The molecule has 0 spiro atoms. The number of fused-ring (bicyclic) bond motifs is 1. The molecule has 0 radical (unpaired) electrons. The van der Waals surface area contributed by atoms with E-state index < -0.39 is 0 Å². The maximum atomic E-state index is 12.2. The van der Waals surface area contributed by atoms with Crippen LogP contribution in [-0.2, 0) is 4.79 Å². The largest absolute Gasteiger partial charge is 0.497 e. The van der Waals surface area contributed by atoms with Gasteiger partial charge in [0.1, 0.15) is 11.5 Å². The summed E-state index contributed by atoms with van der Waals surface area (Å²) in [7, 11) is 3.27. The first-order valence-corrected chi connectivity index (χ1v) is 8.22. The number of carbonyl (C=O) groups excluding carboxylic acids is 1. The van der Waals surface area contributed by atoms with Gasteiger partial charge in [0.05, 0.1) is 24.7 Å². The van der Waals surface area contributed by atoms with Crippen molar-refractivity contribution in [3.8, 4) is 11.5 Å². The molecule has 1 aliphatic heterocycles. The second-order valence-electron chi connectivity index (χ2n) is 5.37. The summed E-state index contributed by atoms with van der Waals surface area (Å²) in [4.78, 5) is 12.2. The number of amides is 1. The Hall–Kier alpha value is -2.15. The molecule has 0 saturated heterocycles. The minimum absolute atomic E-state index is 0.0490. The second kappa shape index (κ2) is 6.16. The highest BCUT2D eigenvalue weighted by molar-refractivity contribution is 8.01. The molecule has 1 aromatic heterocycles. The number of hydrogen-bond acceptors (Lipinski definition) is 5. The molecule has 6 nitrogen and oxygen atoms in total. The monoisotopic (exact) mass is 333 g/mol. The Balaban J connectivity index is 2.17. The van der Waals surface area contributed by atoms with Crippen molar-refractivity contribution >= 4 is 23.5 Å². The van der Waals surface area contributed by atoms with Crippen LogP contribution in [-0.4, -0.2) is 35.6 Å². The minimum atomic E-state index is -0.204. The van der Waals surface area contributed by atoms with E-state index in [1.165, 1.54) is 0 Å². The van der Waals surface area contributed by atoms with Crippen LogP contribution in [0.25, 0.3) is 0 Å². The number of methoxy groups -OCH3 is 2. The summed E-state index contributed by atoms with van der Waals surface area (Å²) in [6, 6.07) is 5.70. The topological polar surface area (TPSA) is 76.2 Å². The number of rotatable bonds is 3. The highest BCUT2D eigenvalue weighted by Crippen LogP contribution is 2.48. The van der Waals surface area contributed by atoms with Crippen molar-refractivity contribution in [2.24, 2.45) is 0 Å². The predicted molar refractivity (Wildman–Crippen MR) is 90.4 cm³/mol. The number of carbonyl (C=O) groups is 1. The van der Waals surface area contributed by atoms with E-state index in [1.807, 2.05) is 32.0 Å². The maximum Gasteiger partial charge on any atom is 0.238 e. The average molecular weight is 333 g/mol. The standard InChI is InChI=1S/C16H19N3O3S/c1-8-13-14(11-7-10(21-3)5-6-12(11)22-4)23-9(2)16(20)17-15(13)19-18-8/h5-7,9,14H,1-4H3,(H2,17,18,19,20)/t9-,14-/m0/s1. The molecule has 2 N–H and O–H groups in total. The highest BCUT2D eigenvalue weighted by atomic mass is 32.2. The Bertz CT molecular complexity index is 744. The molecule has 0 bridgehead atoms. The van der Waals surface area contributed by atoms with Crippen molar-refractivity contribution in [2.45, 2.75) is 24.3 Å². The molecular formula is C16H19N3O3S. The van der Waals surface area contributed by atoms with Crippen molar-refractivity contribution in [1.82, 2.24) is 10.2 Å². The van der Waals surface area contributed by atoms with E-state index in [-0.39, 0.29) is 16.4 Å². The number of aryl methyl sites for hydroxylation is 1. The summed E-state index contributed by atoms with van der Waals surface area (Å²) in [5.74, 6) is 2.04. The highest BCUT2D eigenvalue weighted by Gasteiger charge is 2.33. The van der Waals surface area contributed by atoms with Gasteiger partial charge >= 0.3 is 0 Å². The number of thioether (sulfide) groups is 1. The van der Waals surface area contributed by atoms with Gasteiger partial charge in [-0.05, 0) is 32.0 Å². The predicted octanol–water partition coefficient (Wildman–Crippen LogP) is 2.90. The number of ether oxygens (including phenoxy) is 2. The number of benzene rings is 1. The number of hydrogen-bond donors (Lipinski definition) is 2. The van der Waals surface area contributed by atoms with Crippen LogP contribution >= 0.6 is 11.8 Å². The first-order chi connectivity index (χ1) is 11.0. The third-order valence-electron chi connectivity index (χ3n) is 3.93. The lowest BCUT2D eigenvalue weighted by molar-refractivity contribution is -0.115. The van der Waals surface area contributed by atoms with Crippen molar-refractivity contribution in [3.63, 3.8) is 0 Å². The zero-order chi connectivity index (χ0) is 16.6. The normalized spacial score (nSPS) is 20.4. The van der Waals surface area contributed by atoms with E-state index in [1.54, 1.807) is 26.0 Å². The maximum absolute atomic E-state index is 12.2.